The zero-order valence-electron chi connectivity index (χ0n) is 13.0. The summed E-state index contributed by atoms with van der Waals surface area (Å²) in [5.74, 6) is -0.675. The third-order valence-corrected chi connectivity index (χ3v) is 3.53. The van der Waals surface area contributed by atoms with Crippen LogP contribution in [0.5, 0.6) is 0 Å². The molecule has 3 atom stereocenters. The van der Waals surface area contributed by atoms with Gasteiger partial charge in [-0.2, -0.15) is 0 Å². The highest BCUT2D eigenvalue weighted by atomic mass is 16.6. The number of ether oxygens (including phenoxy) is 1. The second-order valence-electron chi connectivity index (χ2n) is 5.96. The molecule has 0 saturated carbocycles. The molecule has 8 heteroatoms. The van der Waals surface area contributed by atoms with Gasteiger partial charge in [0.1, 0.15) is 0 Å². The number of nitrogens with one attached hydrogen (secondary N) is 2. The maximum absolute atomic E-state index is 12.2. The van der Waals surface area contributed by atoms with Gasteiger partial charge in [0.15, 0.2) is 6.10 Å². The molecule has 0 aromatic carbocycles. The van der Waals surface area contributed by atoms with E-state index in [4.69, 9.17) is 10.5 Å². The fourth-order valence-corrected chi connectivity index (χ4v) is 2.46. The standard InChI is InChI=1S/C14H25N3O5/c1-8(2)5-11(22-14(15)21)13(20)17-10(7-18)6-9-3-4-16-12(9)19/h8-11,18H,3-7H2,1-2H3,(H2,15,21)(H,16,19)(H,17,20)/t9-,10-,11-/m0/s1. The highest BCUT2D eigenvalue weighted by molar-refractivity contribution is 5.84. The Morgan fingerprint density at radius 3 is 2.64 bits per heavy atom. The number of amides is 3. The first-order chi connectivity index (χ1) is 10.3. The molecule has 0 aliphatic carbocycles. The van der Waals surface area contributed by atoms with Gasteiger partial charge in [0.05, 0.1) is 12.6 Å². The number of hydrogen-bond acceptors (Lipinski definition) is 5. The first kappa shape index (κ1) is 18.2. The summed E-state index contributed by atoms with van der Waals surface area (Å²) in [5.41, 5.74) is 4.98. The minimum atomic E-state index is -1.02. The highest BCUT2D eigenvalue weighted by Crippen LogP contribution is 2.16. The van der Waals surface area contributed by atoms with E-state index in [-0.39, 0.29) is 24.3 Å². The Balaban J connectivity index is 2.59. The van der Waals surface area contributed by atoms with E-state index in [1.54, 1.807) is 0 Å². The van der Waals surface area contributed by atoms with E-state index in [1.165, 1.54) is 0 Å². The molecule has 1 fully saturated rings. The number of carbonyl (C=O) groups is 3. The molecule has 22 heavy (non-hydrogen) atoms. The van der Waals surface area contributed by atoms with Crippen LogP contribution in [-0.2, 0) is 14.3 Å². The van der Waals surface area contributed by atoms with Crippen LogP contribution in [0.2, 0.25) is 0 Å². The molecular formula is C14H25N3O5. The van der Waals surface area contributed by atoms with Crippen molar-refractivity contribution in [3.8, 4) is 0 Å². The lowest BCUT2D eigenvalue weighted by molar-refractivity contribution is -0.132. The smallest absolute Gasteiger partial charge is 0.405 e. The monoisotopic (exact) mass is 315 g/mol. The van der Waals surface area contributed by atoms with Gasteiger partial charge in [0, 0.05) is 12.5 Å². The summed E-state index contributed by atoms with van der Waals surface area (Å²) in [5, 5.41) is 14.7. The van der Waals surface area contributed by atoms with Gasteiger partial charge in [-0.1, -0.05) is 13.8 Å². The summed E-state index contributed by atoms with van der Waals surface area (Å²) in [6.45, 7) is 4.09. The zero-order chi connectivity index (χ0) is 16.7. The van der Waals surface area contributed by atoms with E-state index in [0.29, 0.717) is 25.8 Å². The lowest BCUT2D eigenvalue weighted by Crippen LogP contribution is -2.46. The molecule has 1 aliphatic rings. The van der Waals surface area contributed by atoms with Crippen molar-refractivity contribution in [3.63, 3.8) is 0 Å². The first-order valence-electron chi connectivity index (χ1n) is 7.48. The van der Waals surface area contributed by atoms with E-state index in [9.17, 15) is 19.5 Å². The van der Waals surface area contributed by atoms with Gasteiger partial charge in [-0.05, 0) is 25.2 Å². The van der Waals surface area contributed by atoms with Crippen LogP contribution in [0, 0.1) is 11.8 Å². The van der Waals surface area contributed by atoms with Gasteiger partial charge in [0.25, 0.3) is 5.91 Å². The van der Waals surface area contributed by atoms with Crippen LogP contribution in [-0.4, -0.2) is 48.3 Å². The van der Waals surface area contributed by atoms with Crippen molar-refractivity contribution in [2.75, 3.05) is 13.2 Å². The average Bonchev–Trinajstić information content (AvgIpc) is 2.81. The molecule has 0 bridgehead atoms. The normalized spacial score (nSPS) is 20.4. The number of rotatable bonds is 8. The fourth-order valence-electron chi connectivity index (χ4n) is 2.46. The van der Waals surface area contributed by atoms with E-state index in [2.05, 4.69) is 10.6 Å². The van der Waals surface area contributed by atoms with Crippen LogP contribution >= 0.6 is 0 Å². The first-order valence-corrected chi connectivity index (χ1v) is 7.48. The molecule has 0 spiro atoms. The van der Waals surface area contributed by atoms with Crippen LogP contribution in [0.25, 0.3) is 0 Å². The van der Waals surface area contributed by atoms with Crippen LogP contribution < -0.4 is 16.4 Å². The molecule has 1 saturated heterocycles. The van der Waals surface area contributed by atoms with Crippen molar-refractivity contribution in [1.29, 1.82) is 0 Å². The van der Waals surface area contributed by atoms with E-state index in [0.717, 1.165) is 0 Å². The lowest BCUT2D eigenvalue weighted by Gasteiger charge is -2.23. The SMILES string of the molecule is CC(C)C[C@H](OC(N)=O)C(=O)N[C@H](CO)C[C@@H]1CCNC1=O. The van der Waals surface area contributed by atoms with Crippen LogP contribution in [0.15, 0.2) is 0 Å². The molecule has 1 rings (SSSR count). The van der Waals surface area contributed by atoms with Gasteiger partial charge in [-0.3, -0.25) is 9.59 Å². The van der Waals surface area contributed by atoms with Crippen molar-refractivity contribution < 1.29 is 24.2 Å². The van der Waals surface area contributed by atoms with Crippen molar-refractivity contribution >= 4 is 17.9 Å². The Hall–Kier alpha value is -1.83. The molecule has 5 N–H and O–H groups in total. The molecule has 1 aliphatic heterocycles. The maximum Gasteiger partial charge on any atom is 0.405 e. The molecule has 0 radical (unpaired) electrons. The van der Waals surface area contributed by atoms with E-state index in [1.807, 2.05) is 13.8 Å². The van der Waals surface area contributed by atoms with Gasteiger partial charge in [0.2, 0.25) is 5.91 Å². The third kappa shape index (κ3) is 5.88. The quantitative estimate of drug-likeness (QED) is 0.479. The molecule has 1 heterocycles. The summed E-state index contributed by atoms with van der Waals surface area (Å²) >= 11 is 0. The summed E-state index contributed by atoms with van der Waals surface area (Å²) in [6, 6.07) is -0.563. The molecular weight excluding hydrogens is 290 g/mol. The second kappa shape index (κ2) is 8.57. The van der Waals surface area contributed by atoms with Gasteiger partial charge < -0.3 is 26.2 Å². The molecule has 0 unspecified atom stereocenters. The molecule has 126 valence electrons. The topological polar surface area (TPSA) is 131 Å². The van der Waals surface area contributed by atoms with Crippen LogP contribution in [0.4, 0.5) is 4.79 Å². The van der Waals surface area contributed by atoms with Gasteiger partial charge in [-0.15, -0.1) is 0 Å². The van der Waals surface area contributed by atoms with Crippen molar-refractivity contribution in [1.82, 2.24) is 10.6 Å². The summed E-state index contributed by atoms with van der Waals surface area (Å²) in [4.78, 5) is 34.6. The number of carbonyl (C=O) groups excluding carboxylic acids is 3. The Morgan fingerprint density at radius 1 is 1.50 bits per heavy atom. The van der Waals surface area contributed by atoms with Crippen molar-refractivity contribution in [3.05, 3.63) is 0 Å². The minimum Gasteiger partial charge on any atom is -0.436 e. The number of nitrogens with two attached hydrogens (primary N) is 1. The van der Waals surface area contributed by atoms with Gasteiger partial charge >= 0.3 is 6.09 Å². The van der Waals surface area contributed by atoms with Crippen LogP contribution in [0.3, 0.4) is 0 Å². The fraction of sp³-hybridized carbons (Fsp3) is 0.786. The number of aliphatic hydroxyl groups excluding tert-OH is 1. The predicted molar refractivity (Wildman–Crippen MR) is 78.7 cm³/mol. The molecule has 8 nitrogen and oxygen atoms in total. The Morgan fingerprint density at radius 2 is 2.18 bits per heavy atom. The molecule has 0 aromatic rings. The second-order valence-corrected chi connectivity index (χ2v) is 5.96. The summed E-state index contributed by atoms with van der Waals surface area (Å²) in [7, 11) is 0. The largest absolute Gasteiger partial charge is 0.436 e. The van der Waals surface area contributed by atoms with Crippen molar-refractivity contribution in [2.24, 2.45) is 17.6 Å². The van der Waals surface area contributed by atoms with E-state index < -0.39 is 24.1 Å². The highest BCUT2D eigenvalue weighted by Gasteiger charge is 2.30. The van der Waals surface area contributed by atoms with Crippen LogP contribution in [0.1, 0.15) is 33.1 Å². The Kier molecular flexibility index (Phi) is 7.10. The van der Waals surface area contributed by atoms with Crippen molar-refractivity contribution in [2.45, 2.75) is 45.3 Å². The number of hydrogen-bond donors (Lipinski definition) is 4. The minimum absolute atomic E-state index is 0.0696. The molecule has 3 amide bonds. The maximum atomic E-state index is 12.2. The third-order valence-electron chi connectivity index (χ3n) is 3.53. The summed E-state index contributed by atoms with van der Waals surface area (Å²) in [6.07, 6.45) is -0.658. The number of aliphatic hydroxyl groups is 1. The predicted octanol–water partition coefficient (Wildman–Crippen LogP) is -0.500. The Bertz CT molecular complexity index is 413. The van der Waals surface area contributed by atoms with E-state index >= 15 is 0 Å². The summed E-state index contributed by atoms with van der Waals surface area (Å²) < 4.78 is 4.83. The number of primary amides is 1. The van der Waals surface area contributed by atoms with Gasteiger partial charge in [-0.25, -0.2) is 4.79 Å². The molecule has 0 aromatic heterocycles. The zero-order valence-corrected chi connectivity index (χ0v) is 13.0. The Labute approximate surface area is 129 Å². The lowest BCUT2D eigenvalue weighted by atomic mass is 9.98. The average molecular weight is 315 g/mol.